The molecule has 0 aromatic heterocycles. The highest BCUT2D eigenvalue weighted by Crippen LogP contribution is 2.19. The first-order valence-electron chi connectivity index (χ1n) is 6.88. The van der Waals surface area contributed by atoms with E-state index in [4.69, 9.17) is 0 Å². The van der Waals surface area contributed by atoms with Gasteiger partial charge in [-0.3, -0.25) is 10.1 Å². The van der Waals surface area contributed by atoms with Gasteiger partial charge in [0.05, 0.1) is 16.7 Å². The summed E-state index contributed by atoms with van der Waals surface area (Å²) in [6.07, 6.45) is 1.24. The fraction of sp³-hybridized carbons (Fsp3) is 0.125. The molecule has 2 rings (SSSR count). The van der Waals surface area contributed by atoms with Gasteiger partial charge in [-0.15, -0.1) is 0 Å². The predicted molar refractivity (Wildman–Crippen MR) is 88.8 cm³/mol. The van der Waals surface area contributed by atoms with Crippen molar-refractivity contribution in [2.24, 2.45) is 5.10 Å². The number of hydrazone groups is 1. The summed E-state index contributed by atoms with van der Waals surface area (Å²) in [6.45, 7) is 3.78. The van der Waals surface area contributed by atoms with E-state index < -0.39 is 11.0 Å². The Morgan fingerprint density at radius 3 is 2.43 bits per heavy atom. The van der Waals surface area contributed by atoms with Gasteiger partial charge in [0, 0.05) is 11.8 Å². The maximum Gasteiger partial charge on any atom is 0.339 e. The molecule has 2 aromatic carbocycles. The lowest BCUT2D eigenvalue weighted by molar-refractivity contribution is -0.385. The number of para-hydroxylation sites is 2. The number of carbonyl (C=O) groups is 1. The number of aryl methyl sites for hydroxylation is 2. The van der Waals surface area contributed by atoms with Crippen molar-refractivity contribution in [2.75, 3.05) is 5.32 Å². The van der Waals surface area contributed by atoms with Crippen molar-refractivity contribution in [1.29, 1.82) is 0 Å². The van der Waals surface area contributed by atoms with E-state index in [1.807, 2.05) is 32.0 Å². The molecule has 118 valence electrons. The van der Waals surface area contributed by atoms with Crippen molar-refractivity contribution >= 4 is 23.6 Å². The van der Waals surface area contributed by atoms with Gasteiger partial charge in [-0.1, -0.05) is 30.3 Å². The molecule has 0 saturated heterocycles. The molecule has 0 heterocycles. The molecule has 0 saturated carbocycles. The molecule has 23 heavy (non-hydrogen) atoms. The SMILES string of the molecule is Cc1cccc(C)c1NC(=O)N/N=C/c1ccccc1[N+](=O)[O-]. The summed E-state index contributed by atoms with van der Waals surface area (Å²) in [5, 5.41) is 17.3. The molecule has 0 fully saturated rings. The van der Waals surface area contributed by atoms with Crippen molar-refractivity contribution in [3.05, 3.63) is 69.3 Å². The molecule has 0 unspecified atom stereocenters. The van der Waals surface area contributed by atoms with Crippen LogP contribution in [0.2, 0.25) is 0 Å². The van der Waals surface area contributed by atoms with Crippen molar-refractivity contribution in [1.82, 2.24) is 5.43 Å². The first-order valence-corrected chi connectivity index (χ1v) is 6.88. The number of nitro benzene ring substituents is 1. The number of amides is 2. The molecule has 0 aliphatic heterocycles. The van der Waals surface area contributed by atoms with E-state index in [9.17, 15) is 14.9 Å². The molecule has 0 bridgehead atoms. The van der Waals surface area contributed by atoms with Gasteiger partial charge >= 0.3 is 6.03 Å². The molecule has 0 aliphatic carbocycles. The van der Waals surface area contributed by atoms with E-state index >= 15 is 0 Å². The largest absolute Gasteiger partial charge is 0.339 e. The molecule has 0 aliphatic rings. The van der Waals surface area contributed by atoms with Crippen molar-refractivity contribution in [2.45, 2.75) is 13.8 Å². The lowest BCUT2D eigenvalue weighted by atomic mass is 10.1. The van der Waals surface area contributed by atoms with E-state index in [0.717, 1.165) is 11.1 Å². The summed E-state index contributed by atoms with van der Waals surface area (Å²) in [6, 6.07) is 11.3. The van der Waals surface area contributed by atoms with Gasteiger partial charge < -0.3 is 5.32 Å². The van der Waals surface area contributed by atoms with Crippen LogP contribution in [0.4, 0.5) is 16.2 Å². The van der Waals surface area contributed by atoms with Gasteiger partial charge in [0.15, 0.2) is 0 Å². The summed E-state index contributed by atoms with van der Waals surface area (Å²) < 4.78 is 0. The van der Waals surface area contributed by atoms with Crippen LogP contribution in [-0.4, -0.2) is 17.2 Å². The molecular weight excluding hydrogens is 296 g/mol. The van der Waals surface area contributed by atoms with Crippen molar-refractivity contribution in [3.63, 3.8) is 0 Å². The third kappa shape index (κ3) is 4.13. The van der Waals surface area contributed by atoms with Crippen molar-refractivity contribution < 1.29 is 9.72 Å². The molecule has 0 radical (unpaired) electrons. The highest BCUT2D eigenvalue weighted by molar-refractivity contribution is 5.92. The Labute approximate surface area is 133 Å². The van der Waals surface area contributed by atoms with Gasteiger partial charge in [-0.05, 0) is 31.0 Å². The number of hydrogen-bond acceptors (Lipinski definition) is 4. The average Bonchev–Trinajstić information content (AvgIpc) is 2.51. The summed E-state index contributed by atoms with van der Waals surface area (Å²) in [7, 11) is 0. The quantitative estimate of drug-likeness (QED) is 0.514. The Morgan fingerprint density at radius 1 is 1.13 bits per heavy atom. The minimum absolute atomic E-state index is 0.0757. The fourth-order valence-corrected chi connectivity index (χ4v) is 2.08. The van der Waals surface area contributed by atoms with Gasteiger partial charge in [-0.2, -0.15) is 5.10 Å². The van der Waals surface area contributed by atoms with Crippen LogP contribution >= 0.6 is 0 Å². The minimum Gasteiger partial charge on any atom is -0.306 e. The Balaban J connectivity index is 2.04. The maximum atomic E-state index is 11.9. The van der Waals surface area contributed by atoms with Crippen molar-refractivity contribution in [3.8, 4) is 0 Å². The molecule has 7 nitrogen and oxygen atoms in total. The van der Waals surface area contributed by atoms with E-state index in [0.29, 0.717) is 11.3 Å². The Kier molecular flexibility index (Phi) is 5.03. The highest BCUT2D eigenvalue weighted by Gasteiger charge is 2.10. The van der Waals surface area contributed by atoms with E-state index in [-0.39, 0.29) is 5.69 Å². The normalized spacial score (nSPS) is 10.5. The lowest BCUT2D eigenvalue weighted by Gasteiger charge is -2.10. The van der Waals surface area contributed by atoms with Crippen LogP contribution in [0.1, 0.15) is 16.7 Å². The molecule has 2 aromatic rings. The van der Waals surface area contributed by atoms with Gasteiger partial charge in [0.1, 0.15) is 0 Å². The second-order valence-electron chi connectivity index (χ2n) is 4.91. The monoisotopic (exact) mass is 312 g/mol. The summed E-state index contributed by atoms with van der Waals surface area (Å²) in [5.74, 6) is 0. The summed E-state index contributed by atoms with van der Waals surface area (Å²) >= 11 is 0. The topological polar surface area (TPSA) is 96.6 Å². The van der Waals surface area contributed by atoms with Crippen LogP contribution in [-0.2, 0) is 0 Å². The van der Waals surface area contributed by atoms with Gasteiger partial charge in [0.2, 0.25) is 0 Å². The molecule has 0 spiro atoms. The summed E-state index contributed by atoms with van der Waals surface area (Å²) in [5.41, 5.74) is 5.11. The molecule has 0 atom stereocenters. The van der Waals surface area contributed by atoms with Crippen LogP contribution in [0.5, 0.6) is 0 Å². The summed E-state index contributed by atoms with van der Waals surface area (Å²) in [4.78, 5) is 22.2. The molecule has 7 heteroatoms. The van der Waals surface area contributed by atoms with Crippen LogP contribution < -0.4 is 10.7 Å². The van der Waals surface area contributed by atoms with Crippen LogP contribution in [0.15, 0.2) is 47.6 Å². The van der Waals surface area contributed by atoms with Gasteiger partial charge in [0.25, 0.3) is 5.69 Å². The average molecular weight is 312 g/mol. The second-order valence-corrected chi connectivity index (χ2v) is 4.91. The Morgan fingerprint density at radius 2 is 1.78 bits per heavy atom. The zero-order chi connectivity index (χ0) is 16.8. The molecular formula is C16H16N4O3. The smallest absolute Gasteiger partial charge is 0.306 e. The third-order valence-corrected chi connectivity index (χ3v) is 3.22. The molecule has 2 N–H and O–H groups in total. The zero-order valence-corrected chi connectivity index (χ0v) is 12.7. The number of hydrogen-bond donors (Lipinski definition) is 2. The fourth-order valence-electron chi connectivity index (χ4n) is 2.08. The number of anilines is 1. The predicted octanol–water partition coefficient (Wildman–Crippen LogP) is 3.37. The van der Waals surface area contributed by atoms with Crippen LogP contribution in [0, 0.1) is 24.0 Å². The number of nitrogens with zero attached hydrogens (tertiary/aromatic N) is 2. The standard InChI is InChI=1S/C16H16N4O3/c1-11-6-5-7-12(2)15(11)18-16(21)19-17-10-13-8-3-4-9-14(13)20(22)23/h3-10H,1-2H3,(H2,18,19,21)/b17-10+. The Bertz CT molecular complexity index is 751. The van der Waals surface area contributed by atoms with E-state index in [1.54, 1.807) is 18.2 Å². The number of urea groups is 1. The van der Waals surface area contributed by atoms with Gasteiger partial charge in [-0.25, -0.2) is 10.2 Å². The third-order valence-electron chi connectivity index (χ3n) is 3.22. The number of rotatable bonds is 4. The van der Waals surface area contributed by atoms with E-state index in [1.165, 1.54) is 12.3 Å². The Hall–Kier alpha value is -3.22. The van der Waals surface area contributed by atoms with Crippen LogP contribution in [0.3, 0.4) is 0 Å². The molecule has 2 amide bonds. The highest BCUT2D eigenvalue weighted by atomic mass is 16.6. The number of nitrogens with one attached hydrogen (secondary N) is 2. The minimum atomic E-state index is -0.516. The number of nitro groups is 1. The number of carbonyl (C=O) groups excluding carboxylic acids is 1. The van der Waals surface area contributed by atoms with E-state index in [2.05, 4.69) is 15.8 Å². The maximum absolute atomic E-state index is 11.9. The second kappa shape index (κ2) is 7.17. The lowest BCUT2D eigenvalue weighted by Crippen LogP contribution is -2.25. The van der Waals surface area contributed by atoms with Crippen LogP contribution in [0.25, 0.3) is 0 Å². The zero-order valence-electron chi connectivity index (χ0n) is 12.7. The first-order chi connectivity index (χ1) is 11.0. The first kappa shape index (κ1) is 16.2. The number of benzene rings is 2.